The Morgan fingerprint density at radius 3 is 2.50 bits per heavy atom. The summed E-state index contributed by atoms with van der Waals surface area (Å²) in [7, 11) is -1.32. The maximum atomic E-state index is 13.9. The summed E-state index contributed by atoms with van der Waals surface area (Å²) in [5.74, 6) is 1.89. The van der Waals surface area contributed by atoms with Crippen LogP contribution in [0.4, 0.5) is 17.3 Å². The zero-order valence-electron chi connectivity index (χ0n) is 23.5. The third-order valence-electron chi connectivity index (χ3n) is 7.61. The third-order valence-corrected chi connectivity index (χ3v) is 8.35. The molecular formula is C28H39ClN8O2S. The van der Waals surface area contributed by atoms with Gasteiger partial charge in [0, 0.05) is 69.2 Å². The van der Waals surface area contributed by atoms with E-state index in [0.717, 1.165) is 81.5 Å². The van der Waals surface area contributed by atoms with Crippen LogP contribution in [-0.2, 0) is 11.0 Å². The SMILES string of the molecule is CC.CS(=O)Nc1ccc(Cl)cc1C(=O)N1CCCCC1c1cc2nc(N3CCC3)cc(N3CCNCC3)n2n1. The summed E-state index contributed by atoms with van der Waals surface area (Å²) < 4.78 is 16.8. The van der Waals surface area contributed by atoms with E-state index in [4.69, 9.17) is 21.7 Å². The first-order valence-electron chi connectivity index (χ1n) is 14.3. The molecular weight excluding hydrogens is 548 g/mol. The van der Waals surface area contributed by atoms with Crippen molar-refractivity contribution >= 4 is 51.5 Å². The van der Waals surface area contributed by atoms with Crippen LogP contribution in [0.1, 0.15) is 61.6 Å². The van der Waals surface area contributed by atoms with Crippen LogP contribution in [0.15, 0.2) is 30.3 Å². The zero-order chi connectivity index (χ0) is 28.2. The van der Waals surface area contributed by atoms with Crippen molar-refractivity contribution in [3.63, 3.8) is 0 Å². The van der Waals surface area contributed by atoms with Gasteiger partial charge in [-0.05, 0) is 43.9 Å². The van der Waals surface area contributed by atoms with E-state index in [1.54, 1.807) is 24.5 Å². The third kappa shape index (κ3) is 5.91. The Kier molecular flexibility index (Phi) is 9.12. The van der Waals surface area contributed by atoms with Crippen LogP contribution >= 0.6 is 11.6 Å². The van der Waals surface area contributed by atoms with Gasteiger partial charge in [-0.25, -0.2) is 9.19 Å². The number of piperazine rings is 1. The minimum Gasteiger partial charge on any atom is -0.356 e. The Morgan fingerprint density at radius 2 is 1.80 bits per heavy atom. The molecule has 12 heteroatoms. The molecule has 0 saturated carbocycles. The maximum absolute atomic E-state index is 13.9. The summed E-state index contributed by atoms with van der Waals surface area (Å²) in [5, 5.41) is 8.95. The molecule has 6 rings (SSSR count). The molecule has 2 N–H and O–H groups in total. The van der Waals surface area contributed by atoms with Crippen molar-refractivity contribution in [1.29, 1.82) is 0 Å². The number of nitrogens with zero attached hydrogens (tertiary/aromatic N) is 6. The Bertz CT molecular complexity index is 1370. The molecule has 3 aromatic rings. The van der Waals surface area contributed by atoms with Gasteiger partial charge < -0.3 is 24.7 Å². The number of piperidine rings is 1. The molecule has 1 aromatic carbocycles. The molecule has 2 unspecified atom stereocenters. The van der Waals surface area contributed by atoms with Crippen molar-refractivity contribution < 1.29 is 9.00 Å². The number of halogens is 1. The Hall–Kier alpha value is -2.89. The lowest BCUT2D eigenvalue weighted by Gasteiger charge is -2.35. The molecule has 3 aliphatic heterocycles. The molecule has 0 bridgehead atoms. The number of anilines is 3. The van der Waals surface area contributed by atoms with E-state index in [9.17, 15) is 9.00 Å². The number of likely N-dealkylation sites (tertiary alicyclic amines) is 1. The van der Waals surface area contributed by atoms with Crippen molar-refractivity contribution in [1.82, 2.24) is 24.8 Å². The molecule has 0 spiro atoms. The van der Waals surface area contributed by atoms with Gasteiger partial charge in [0.25, 0.3) is 5.91 Å². The number of aromatic nitrogens is 3. The van der Waals surface area contributed by atoms with Gasteiger partial charge in [0.15, 0.2) is 5.65 Å². The van der Waals surface area contributed by atoms with Gasteiger partial charge in [-0.1, -0.05) is 25.4 Å². The summed E-state index contributed by atoms with van der Waals surface area (Å²) in [6.45, 7) is 10.3. The molecule has 2 atom stereocenters. The van der Waals surface area contributed by atoms with Gasteiger partial charge in [-0.3, -0.25) is 4.79 Å². The second-order valence-electron chi connectivity index (χ2n) is 10.1. The average molecular weight is 587 g/mol. The second-order valence-corrected chi connectivity index (χ2v) is 11.7. The minimum absolute atomic E-state index is 0.140. The predicted octanol–water partition coefficient (Wildman–Crippen LogP) is 4.10. The monoisotopic (exact) mass is 586 g/mol. The zero-order valence-corrected chi connectivity index (χ0v) is 25.1. The highest BCUT2D eigenvalue weighted by atomic mass is 35.5. The Labute approximate surface area is 243 Å². The van der Waals surface area contributed by atoms with Gasteiger partial charge in [0.2, 0.25) is 0 Å². The second kappa shape index (κ2) is 12.7. The number of hydrogen-bond donors (Lipinski definition) is 2. The number of nitrogens with one attached hydrogen (secondary N) is 2. The number of benzene rings is 1. The van der Waals surface area contributed by atoms with Gasteiger partial charge >= 0.3 is 0 Å². The van der Waals surface area contributed by atoms with Gasteiger partial charge in [-0.15, -0.1) is 0 Å². The topological polar surface area (TPSA) is 98.1 Å². The fourth-order valence-corrected chi connectivity index (χ4v) is 6.19. The number of hydrogen-bond acceptors (Lipinski definition) is 7. The highest BCUT2D eigenvalue weighted by Crippen LogP contribution is 2.35. The van der Waals surface area contributed by atoms with Crippen LogP contribution in [-0.4, -0.2) is 81.7 Å². The van der Waals surface area contributed by atoms with Crippen molar-refractivity contribution in [2.75, 3.05) is 66.6 Å². The van der Waals surface area contributed by atoms with Crippen molar-refractivity contribution in [3.05, 3.63) is 46.6 Å². The Morgan fingerprint density at radius 1 is 1.02 bits per heavy atom. The summed E-state index contributed by atoms with van der Waals surface area (Å²) in [4.78, 5) is 25.4. The quantitative estimate of drug-likeness (QED) is 0.449. The summed E-state index contributed by atoms with van der Waals surface area (Å²) in [5.41, 5.74) is 2.59. The molecule has 1 amide bonds. The molecule has 2 aromatic heterocycles. The molecule has 5 heterocycles. The lowest BCUT2D eigenvalue weighted by molar-refractivity contribution is 0.0607. The summed E-state index contributed by atoms with van der Waals surface area (Å²) in [6, 6.07) is 9.08. The number of carbonyl (C=O) groups excluding carboxylic acids is 1. The molecule has 3 saturated heterocycles. The normalized spacial score (nSPS) is 20.0. The first-order chi connectivity index (χ1) is 19.5. The molecule has 216 valence electrons. The van der Waals surface area contributed by atoms with Gasteiger partial charge in [-0.2, -0.15) is 9.61 Å². The van der Waals surface area contributed by atoms with Crippen LogP contribution in [0.2, 0.25) is 5.02 Å². The standard InChI is InChI=1S/C26H33ClN8O2S.C2H6/c1-38(37)31-20-7-6-18(27)15-19(20)26(36)34-12-3-2-5-22(34)21-16-24-29-23(32-10-4-11-32)17-25(35(24)30-21)33-13-8-28-9-14-33;1-2/h6-7,15-17,22,28,31H,2-5,8-14H2,1H3;1-2H3. The van der Waals surface area contributed by atoms with E-state index in [0.29, 0.717) is 22.8 Å². The fourth-order valence-electron chi connectivity index (χ4n) is 5.53. The molecule has 3 fully saturated rings. The Balaban J connectivity index is 0.00000158. The number of amides is 1. The first-order valence-corrected chi connectivity index (χ1v) is 16.2. The van der Waals surface area contributed by atoms with Crippen molar-refractivity contribution in [3.8, 4) is 0 Å². The van der Waals surface area contributed by atoms with Crippen molar-refractivity contribution in [2.24, 2.45) is 0 Å². The maximum Gasteiger partial charge on any atom is 0.256 e. The summed E-state index contributed by atoms with van der Waals surface area (Å²) in [6.07, 6.45) is 5.48. The van der Waals surface area contributed by atoms with E-state index >= 15 is 0 Å². The fraction of sp³-hybridized carbons (Fsp3) is 0.536. The molecule has 0 radical (unpaired) electrons. The van der Waals surface area contributed by atoms with Crippen LogP contribution in [0.5, 0.6) is 0 Å². The number of rotatable bonds is 6. The van der Waals surface area contributed by atoms with E-state index in [2.05, 4.69) is 25.9 Å². The molecule has 3 aliphatic rings. The van der Waals surface area contributed by atoms with E-state index in [1.807, 2.05) is 29.3 Å². The highest BCUT2D eigenvalue weighted by Gasteiger charge is 2.33. The van der Waals surface area contributed by atoms with Crippen LogP contribution in [0.3, 0.4) is 0 Å². The van der Waals surface area contributed by atoms with Crippen LogP contribution in [0, 0.1) is 0 Å². The molecule has 40 heavy (non-hydrogen) atoms. The lowest BCUT2D eigenvalue weighted by Crippen LogP contribution is -2.44. The van der Waals surface area contributed by atoms with Gasteiger partial charge in [0.05, 0.1) is 23.0 Å². The number of carbonyl (C=O) groups is 1. The predicted molar refractivity (Wildman–Crippen MR) is 163 cm³/mol. The molecule has 0 aliphatic carbocycles. The van der Waals surface area contributed by atoms with Gasteiger partial charge in [0.1, 0.15) is 22.6 Å². The van der Waals surface area contributed by atoms with E-state index in [1.165, 1.54) is 6.42 Å². The largest absolute Gasteiger partial charge is 0.356 e. The van der Waals surface area contributed by atoms with Crippen molar-refractivity contribution in [2.45, 2.75) is 45.6 Å². The lowest BCUT2D eigenvalue weighted by atomic mass is 9.98. The average Bonchev–Trinajstić information content (AvgIpc) is 3.38. The molecule has 10 nitrogen and oxygen atoms in total. The van der Waals surface area contributed by atoms with E-state index < -0.39 is 11.0 Å². The highest BCUT2D eigenvalue weighted by molar-refractivity contribution is 7.85. The summed E-state index contributed by atoms with van der Waals surface area (Å²) >= 11 is 6.28. The first kappa shape index (κ1) is 28.6. The van der Waals surface area contributed by atoms with Crippen LogP contribution < -0.4 is 19.8 Å². The minimum atomic E-state index is -1.32. The smallest absolute Gasteiger partial charge is 0.256 e. The van der Waals surface area contributed by atoms with E-state index in [-0.39, 0.29) is 11.9 Å². The number of fused-ring (bicyclic) bond motifs is 1. The van der Waals surface area contributed by atoms with Crippen LogP contribution in [0.25, 0.3) is 5.65 Å².